The van der Waals surface area contributed by atoms with Gasteiger partial charge in [-0.2, -0.15) is 0 Å². The number of benzene rings is 5. The molecule has 192 valence electrons. The number of nitrogens with zero attached hydrogens (tertiary/aromatic N) is 2. The van der Waals surface area contributed by atoms with Gasteiger partial charge < -0.3 is 5.32 Å². The monoisotopic (exact) mass is 536 g/mol. The highest BCUT2D eigenvalue weighted by Gasteiger charge is 2.25. The summed E-state index contributed by atoms with van der Waals surface area (Å²) < 4.78 is 2.03. The van der Waals surface area contributed by atoms with Crippen molar-refractivity contribution in [1.82, 2.24) is 0 Å². The molecule has 0 unspecified atom stereocenters. The lowest BCUT2D eigenvalue weighted by atomic mass is 10.00. The molecule has 1 N–H and O–H groups in total. The van der Waals surface area contributed by atoms with Gasteiger partial charge >= 0.3 is 0 Å². The van der Waals surface area contributed by atoms with Crippen molar-refractivity contribution in [3.8, 4) is 33.6 Å². The molecule has 0 saturated carbocycles. The van der Waals surface area contributed by atoms with Crippen LogP contribution in [0.15, 0.2) is 163 Å². The lowest BCUT2D eigenvalue weighted by Crippen LogP contribution is -2.37. The Balaban J connectivity index is 1.65. The van der Waals surface area contributed by atoms with Crippen LogP contribution in [0.2, 0.25) is 5.02 Å². The molecule has 0 aliphatic carbocycles. The molecule has 0 spiro atoms. The second kappa shape index (κ2) is 11.8. The first-order valence-corrected chi connectivity index (χ1v) is 13.6. The van der Waals surface area contributed by atoms with Gasteiger partial charge in [-0.3, -0.25) is 0 Å². The Labute approximate surface area is 239 Å². The Bertz CT molecular complexity index is 1690. The first-order valence-electron chi connectivity index (χ1n) is 13.2. The smallest absolute Gasteiger partial charge is 0.246 e. The number of halogens is 1. The third kappa shape index (κ3) is 5.56. The molecule has 1 aromatic heterocycles. The average Bonchev–Trinajstić information content (AvgIpc) is 3.03. The number of para-hydroxylation sites is 1. The minimum Gasteiger partial charge on any atom is -0.334 e. The Morgan fingerprint density at radius 1 is 0.500 bits per heavy atom. The van der Waals surface area contributed by atoms with E-state index in [1.807, 2.05) is 77.5 Å². The SMILES string of the molecule is Clc1ccccc1NC(=N[n+]1c(-c2ccccc2)cc(-c2ccccc2)cc1-c1ccccc1)c1ccccc1. The molecule has 0 aliphatic heterocycles. The first-order chi connectivity index (χ1) is 19.8. The van der Waals surface area contributed by atoms with Crippen LogP contribution in [0, 0.1) is 0 Å². The van der Waals surface area contributed by atoms with Crippen LogP contribution >= 0.6 is 11.6 Å². The summed E-state index contributed by atoms with van der Waals surface area (Å²) in [7, 11) is 0. The van der Waals surface area contributed by atoms with Crippen molar-refractivity contribution >= 4 is 23.1 Å². The van der Waals surface area contributed by atoms with Gasteiger partial charge in [-0.05, 0) is 52.2 Å². The van der Waals surface area contributed by atoms with Gasteiger partial charge in [0.05, 0.1) is 10.7 Å². The molecule has 0 amide bonds. The largest absolute Gasteiger partial charge is 0.334 e. The van der Waals surface area contributed by atoms with E-state index in [4.69, 9.17) is 16.7 Å². The van der Waals surface area contributed by atoms with Gasteiger partial charge in [0.1, 0.15) is 0 Å². The van der Waals surface area contributed by atoms with Crippen LogP contribution in [-0.2, 0) is 0 Å². The van der Waals surface area contributed by atoms with E-state index in [1.165, 1.54) is 0 Å². The van der Waals surface area contributed by atoms with E-state index in [1.54, 1.807) is 0 Å². The zero-order chi connectivity index (χ0) is 27.1. The van der Waals surface area contributed by atoms with E-state index in [9.17, 15) is 0 Å². The lowest BCUT2D eigenvalue weighted by molar-refractivity contribution is -0.656. The molecule has 5 aromatic carbocycles. The number of rotatable bonds is 6. The van der Waals surface area contributed by atoms with Crippen molar-refractivity contribution in [1.29, 1.82) is 0 Å². The van der Waals surface area contributed by atoms with Crippen LogP contribution in [-0.4, -0.2) is 5.84 Å². The van der Waals surface area contributed by atoms with Gasteiger partial charge in [-0.25, -0.2) is 0 Å². The van der Waals surface area contributed by atoms with Gasteiger partial charge in [0.15, 0.2) is 0 Å². The fraction of sp³-hybridized carbons (Fsp3) is 0. The summed E-state index contributed by atoms with van der Waals surface area (Å²) in [6.45, 7) is 0. The molecule has 6 rings (SSSR count). The van der Waals surface area contributed by atoms with E-state index in [-0.39, 0.29) is 0 Å². The first kappa shape index (κ1) is 25.3. The van der Waals surface area contributed by atoms with Crippen LogP contribution < -0.4 is 9.99 Å². The summed E-state index contributed by atoms with van der Waals surface area (Å²) in [5.74, 6) is 0.681. The fourth-order valence-corrected chi connectivity index (χ4v) is 4.85. The molecule has 0 radical (unpaired) electrons. The number of anilines is 1. The van der Waals surface area contributed by atoms with Crippen molar-refractivity contribution in [3.05, 3.63) is 168 Å². The maximum absolute atomic E-state index is 6.58. The second-order valence-electron chi connectivity index (χ2n) is 9.34. The summed E-state index contributed by atoms with van der Waals surface area (Å²) in [4.78, 5) is 0. The molecule has 0 atom stereocenters. The molecular formula is C36H27ClN3+. The van der Waals surface area contributed by atoms with Crippen LogP contribution in [0.25, 0.3) is 33.6 Å². The predicted molar refractivity (Wildman–Crippen MR) is 166 cm³/mol. The van der Waals surface area contributed by atoms with Crippen molar-refractivity contribution in [3.63, 3.8) is 0 Å². The maximum Gasteiger partial charge on any atom is 0.246 e. The number of hydrogen-bond acceptors (Lipinski definition) is 1. The molecule has 1 heterocycles. The topological polar surface area (TPSA) is 28.3 Å². The maximum atomic E-state index is 6.58. The molecule has 40 heavy (non-hydrogen) atoms. The molecule has 0 aliphatic rings. The third-order valence-corrected chi connectivity index (χ3v) is 6.99. The summed E-state index contributed by atoms with van der Waals surface area (Å²) in [5.41, 5.74) is 8.05. The second-order valence-corrected chi connectivity index (χ2v) is 9.75. The van der Waals surface area contributed by atoms with E-state index in [0.29, 0.717) is 10.9 Å². The van der Waals surface area contributed by atoms with Crippen LogP contribution in [0.5, 0.6) is 0 Å². The summed E-state index contributed by atoms with van der Waals surface area (Å²) in [6, 6.07) is 53.5. The average molecular weight is 537 g/mol. The van der Waals surface area contributed by atoms with Crippen LogP contribution in [0.4, 0.5) is 5.69 Å². The van der Waals surface area contributed by atoms with Crippen molar-refractivity contribution in [2.45, 2.75) is 0 Å². The quantitative estimate of drug-likeness (QED) is 0.128. The van der Waals surface area contributed by atoms with Gasteiger partial charge in [0.25, 0.3) is 0 Å². The van der Waals surface area contributed by atoms with E-state index < -0.39 is 0 Å². The van der Waals surface area contributed by atoms with E-state index in [0.717, 1.165) is 44.9 Å². The zero-order valence-electron chi connectivity index (χ0n) is 21.8. The molecule has 6 aromatic rings. The summed E-state index contributed by atoms with van der Waals surface area (Å²) in [5, 5.41) is 9.46. The predicted octanol–water partition coefficient (Wildman–Crippen LogP) is 8.95. The van der Waals surface area contributed by atoms with E-state index >= 15 is 0 Å². The lowest BCUT2D eigenvalue weighted by Gasteiger charge is -2.12. The third-order valence-electron chi connectivity index (χ3n) is 6.66. The molecule has 4 heteroatoms. The highest BCUT2D eigenvalue weighted by molar-refractivity contribution is 6.34. The van der Waals surface area contributed by atoms with Crippen molar-refractivity contribution in [2.75, 3.05) is 5.32 Å². The minimum absolute atomic E-state index is 0.627. The number of nitrogens with one attached hydrogen (secondary N) is 1. The highest BCUT2D eigenvalue weighted by Crippen LogP contribution is 2.29. The fourth-order valence-electron chi connectivity index (χ4n) is 4.66. The zero-order valence-corrected chi connectivity index (χ0v) is 22.5. The standard InChI is InChI=1S/C36H27ClN3/c37-32-23-13-14-24-33(32)38-36(30-21-11-4-12-22-30)39-40-34(28-17-7-2-8-18-28)25-31(27-15-5-1-6-16-27)26-35(40)29-19-9-3-10-20-29/h1-26H,(H,38,39)/q+1. The molecule has 0 bridgehead atoms. The minimum atomic E-state index is 0.627. The number of amidine groups is 1. The normalized spacial score (nSPS) is 11.3. The Morgan fingerprint density at radius 2 is 0.950 bits per heavy atom. The Morgan fingerprint density at radius 3 is 1.48 bits per heavy atom. The highest BCUT2D eigenvalue weighted by atomic mass is 35.5. The molecular weight excluding hydrogens is 510 g/mol. The van der Waals surface area contributed by atoms with Crippen LogP contribution in [0.1, 0.15) is 5.56 Å². The summed E-state index contributed by atoms with van der Waals surface area (Å²) >= 11 is 6.58. The summed E-state index contributed by atoms with van der Waals surface area (Å²) in [6.07, 6.45) is 0. The molecule has 3 nitrogen and oxygen atoms in total. The number of hydrogen-bond donors (Lipinski definition) is 1. The van der Waals surface area contributed by atoms with Gasteiger partial charge in [-0.15, -0.1) is 0 Å². The Kier molecular flexibility index (Phi) is 7.47. The Hall–Kier alpha value is -4.99. The van der Waals surface area contributed by atoms with Crippen molar-refractivity contribution < 1.29 is 4.68 Å². The molecule has 0 fully saturated rings. The number of pyridine rings is 1. The van der Waals surface area contributed by atoms with Gasteiger partial charge in [-0.1, -0.05) is 121 Å². The van der Waals surface area contributed by atoms with Crippen molar-refractivity contribution in [2.24, 2.45) is 5.10 Å². The van der Waals surface area contributed by atoms with Crippen LogP contribution in [0.3, 0.4) is 0 Å². The molecule has 0 saturated heterocycles. The van der Waals surface area contributed by atoms with Gasteiger partial charge in [0.2, 0.25) is 17.2 Å². The van der Waals surface area contributed by atoms with E-state index in [2.05, 4.69) is 90.2 Å². The number of aromatic nitrogens is 1. The van der Waals surface area contributed by atoms with Gasteiger partial charge in [0, 0.05) is 33.9 Å².